The first kappa shape index (κ1) is 11.5. The second-order valence-corrected chi connectivity index (χ2v) is 3.85. The summed E-state index contributed by atoms with van der Waals surface area (Å²) in [6.45, 7) is 0. The molecule has 1 heterocycles. The van der Waals surface area contributed by atoms with Crippen molar-refractivity contribution in [2.75, 3.05) is 7.11 Å². The van der Waals surface area contributed by atoms with Crippen LogP contribution in [0, 0.1) is 0 Å². The van der Waals surface area contributed by atoms with Gasteiger partial charge in [-0.05, 0) is 10.9 Å². The molecule has 2 aromatic rings. The molecular weight excluding hydrogens is 216 g/mol. The van der Waals surface area contributed by atoms with Gasteiger partial charge in [0.25, 0.3) is 0 Å². The SMILES string of the molecule is COC(=O)[C@@H](N)Cc1cncc2ccccc12. The molecule has 0 saturated carbocycles. The van der Waals surface area contributed by atoms with Crippen LogP contribution >= 0.6 is 0 Å². The Labute approximate surface area is 99.4 Å². The molecule has 0 fully saturated rings. The number of nitrogens with two attached hydrogens (primary N) is 1. The summed E-state index contributed by atoms with van der Waals surface area (Å²) in [6.07, 6.45) is 3.97. The van der Waals surface area contributed by atoms with Crippen molar-refractivity contribution in [1.82, 2.24) is 4.98 Å². The lowest BCUT2D eigenvalue weighted by atomic mass is 10.0. The fourth-order valence-electron chi connectivity index (χ4n) is 1.81. The Kier molecular flexibility index (Phi) is 3.35. The topological polar surface area (TPSA) is 65.2 Å². The number of carbonyl (C=O) groups excluding carboxylic acids is 1. The first-order valence-corrected chi connectivity index (χ1v) is 5.37. The summed E-state index contributed by atoms with van der Waals surface area (Å²) < 4.78 is 4.61. The summed E-state index contributed by atoms with van der Waals surface area (Å²) in [5.74, 6) is -0.405. The zero-order chi connectivity index (χ0) is 12.3. The van der Waals surface area contributed by atoms with E-state index in [0.717, 1.165) is 16.3 Å². The van der Waals surface area contributed by atoms with Gasteiger partial charge in [-0.3, -0.25) is 9.78 Å². The van der Waals surface area contributed by atoms with Gasteiger partial charge in [0.05, 0.1) is 7.11 Å². The van der Waals surface area contributed by atoms with Gasteiger partial charge in [-0.1, -0.05) is 24.3 Å². The van der Waals surface area contributed by atoms with Gasteiger partial charge in [0, 0.05) is 24.2 Å². The van der Waals surface area contributed by atoms with Crippen molar-refractivity contribution in [3.8, 4) is 0 Å². The lowest BCUT2D eigenvalue weighted by Gasteiger charge is -2.10. The highest BCUT2D eigenvalue weighted by Crippen LogP contribution is 2.18. The number of aromatic nitrogens is 1. The van der Waals surface area contributed by atoms with Crippen molar-refractivity contribution in [3.63, 3.8) is 0 Å². The van der Waals surface area contributed by atoms with Crippen LogP contribution in [0.25, 0.3) is 10.8 Å². The zero-order valence-electron chi connectivity index (χ0n) is 9.59. The highest BCUT2D eigenvalue weighted by Gasteiger charge is 2.15. The summed E-state index contributed by atoms with van der Waals surface area (Å²) in [7, 11) is 1.34. The van der Waals surface area contributed by atoms with E-state index in [2.05, 4.69) is 9.72 Å². The van der Waals surface area contributed by atoms with Gasteiger partial charge < -0.3 is 10.5 Å². The van der Waals surface area contributed by atoms with E-state index in [4.69, 9.17) is 5.73 Å². The summed E-state index contributed by atoms with van der Waals surface area (Å²) >= 11 is 0. The van der Waals surface area contributed by atoms with Crippen LogP contribution in [0.5, 0.6) is 0 Å². The van der Waals surface area contributed by atoms with E-state index < -0.39 is 12.0 Å². The first-order chi connectivity index (χ1) is 8.22. The third-order valence-corrected chi connectivity index (χ3v) is 2.69. The quantitative estimate of drug-likeness (QED) is 0.807. The molecule has 0 aliphatic rings. The van der Waals surface area contributed by atoms with Gasteiger partial charge >= 0.3 is 5.97 Å². The monoisotopic (exact) mass is 230 g/mol. The minimum absolute atomic E-state index is 0.405. The van der Waals surface area contributed by atoms with Crippen LogP contribution in [-0.2, 0) is 16.0 Å². The molecule has 0 bridgehead atoms. The molecular formula is C13H14N2O2. The lowest BCUT2D eigenvalue weighted by Crippen LogP contribution is -2.33. The number of benzene rings is 1. The molecule has 4 heteroatoms. The molecule has 0 spiro atoms. The van der Waals surface area contributed by atoms with Crippen molar-refractivity contribution in [3.05, 3.63) is 42.2 Å². The van der Waals surface area contributed by atoms with Gasteiger partial charge in [0.2, 0.25) is 0 Å². The Hall–Kier alpha value is -1.94. The van der Waals surface area contributed by atoms with Crippen molar-refractivity contribution in [2.24, 2.45) is 5.73 Å². The first-order valence-electron chi connectivity index (χ1n) is 5.37. The van der Waals surface area contributed by atoms with Crippen molar-refractivity contribution >= 4 is 16.7 Å². The molecule has 0 saturated heterocycles. The molecule has 1 aromatic carbocycles. The number of esters is 1. The average Bonchev–Trinajstić information content (AvgIpc) is 2.38. The zero-order valence-corrected chi connectivity index (χ0v) is 9.59. The Balaban J connectivity index is 2.33. The Morgan fingerprint density at radius 1 is 1.41 bits per heavy atom. The van der Waals surface area contributed by atoms with E-state index in [1.165, 1.54) is 7.11 Å². The normalized spacial score (nSPS) is 12.4. The molecule has 4 nitrogen and oxygen atoms in total. The molecule has 1 atom stereocenters. The summed E-state index contributed by atoms with van der Waals surface area (Å²) in [4.78, 5) is 15.4. The van der Waals surface area contributed by atoms with E-state index in [1.807, 2.05) is 24.3 Å². The number of pyridine rings is 1. The smallest absolute Gasteiger partial charge is 0.322 e. The molecule has 0 unspecified atom stereocenters. The van der Waals surface area contributed by atoms with Crippen molar-refractivity contribution in [1.29, 1.82) is 0 Å². The minimum Gasteiger partial charge on any atom is -0.468 e. The van der Waals surface area contributed by atoms with Crippen LogP contribution in [0.15, 0.2) is 36.7 Å². The third-order valence-electron chi connectivity index (χ3n) is 2.69. The highest BCUT2D eigenvalue weighted by atomic mass is 16.5. The number of hydrogen-bond donors (Lipinski definition) is 1. The highest BCUT2D eigenvalue weighted by molar-refractivity contribution is 5.85. The van der Waals surface area contributed by atoms with Gasteiger partial charge in [-0.25, -0.2) is 0 Å². The van der Waals surface area contributed by atoms with E-state index in [-0.39, 0.29) is 0 Å². The number of ether oxygens (including phenoxy) is 1. The molecule has 2 N–H and O–H groups in total. The summed E-state index contributed by atoms with van der Waals surface area (Å²) in [6, 6.07) is 7.24. The Morgan fingerprint density at radius 3 is 2.94 bits per heavy atom. The summed E-state index contributed by atoms with van der Waals surface area (Å²) in [5.41, 5.74) is 6.71. The van der Waals surface area contributed by atoms with Crippen LogP contribution in [-0.4, -0.2) is 24.1 Å². The third kappa shape index (κ3) is 2.42. The second-order valence-electron chi connectivity index (χ2n) is 3.85. The minimum atomic E-state index is -0.646. The van der Waals surface area contributed by atoms with Crippen molar-refractivity contribution < 1.29 is 9.53 Å². The van der Waals surface area contributed by atoms with E-state index in [1.54, 1.807) is 12.4 Å². The predicted octanol–water partition coefficient (Wildman–Crippen LogP) is 1.28. The number of methoxy groups -OCH3 is 1. The van der Waals surface area contributed by atoms with Crippen LogP contribution in [0.4, 0.5) is 0 Å². The number of nitrogens with zero attached hydrogens (tertiary/aromatic N) is 1. The fourth-order valence-corrected chi connectivity index (χ4v) is 1.81. The predicted molar refractivity (Wildman–Crippen MR) is 65.4 cm³/mol. The van der Waals surface area contributed by atoms with Gasteiger partial charge in [0.15, 0.2) is 0 Å². The molecule has 0 radical (unpaired) electrons. The van der Waals surface area contributed by atoms with Crippen LogP contribution in [0.1, 0.15) is 5.56 Å². The molecule has 0 aliphatic heterocycles. The van der Waals surface area contributed by atoms with E-state index in [0.29, 0.717) is 6.42 Å². The van der Waals surface area contributed by atoms with Crippen molar-refractivity contribution in [2.45, 2.75) is 12.5 Å². The number of carbonyl (C=O) groups is 1. The molecule has 0 aliphatic carbocycles. The maximum atomic E-state index is 11.3. The number of hydrogen-bond acceptors (Lipinski definition) is 4. The maximum absolute atomic E-state index is 11.3. The second kappa shape index (κ2) is 4.93. The molecule has 2 rings (SSSR count). The Morgan fingerprint density at radius 2 is 2.18 bits per heavy atom. The fraction of sp³-hybridized carbons (Fsp3) is 0.231. The van der Waals surface area contributed by atoms with Crippen LogP contribution in [0.2, 0.25) is 0 Å². The summed E-state index contributed by atoms with van der Waals surface area (Å²) in [5, 5.41) is 2.11. The molecule has 88 valence electrons. The van der Waals surface area contributed by atoms with Gasteiger partial charge in [-0.15, -0.1) is 0 Å². The number of rotatable bonds is 3. The van der Waals surface area contributed by atoms with Gasteiger partial charge in [-0.2, -0.15) is 0 Å². The standard InChI is InChI=1S/C13H14N2O2/c1-17-13(16)12(14)6-10-8-15-7-9-4-2-3-5-11(9)10/h2-5,7-8,12H,6,14H2,1H3/t12-/m0/s1. The molecule has 0 amide bonds. The van der Waals surface area contributed by atoms with E-state index >= 15 is 0 Å². The average molecular weight is 230 g/mol. The Bertz CT molecular complexity index is 534. The largest absolute Gasteiger partial charge is 0.468 e. The van der Waals surface area contributed by atoms with Crippen LogP contribution < -0.4 is 5.73 Å². The number of fused-ring (bicyclic) bond motifs is 1. The van der Waals surface area contributed by atoms with E-state index in [9.17, 15) is 4.79 Å². The molecule has 17 heavy (non-hydrogen) atoms. The maximum Gasteiger partial charge on any atom is 0.322 e. The van der Waals surface area contributed by atoms with Crippen LogP contribution in [0.3, 0.4) is 0 Å². The molecule has 1 aromatic heterocycles. The lowest BCUT2D eigenvalue weighted by molar-refractivity contribution is -0.142. The van der Waals surface area contributed by atoms with Gasteiger partial charge in [0.1, 0.15) is 6.04 Å².